The van der Waals surface area contributed by atoms with Crippen LogP contribution in [-0.4, -0.2) is 24.6 Å². The van der Waals surface area contributed by atoms with Gasteiger partial charge in [-0.25, -0.2) is 5.43 Å². The molecule has 0 fully saturated rings. The zero-order valence-electron chi connectivity index (χ0n) is 15.6. The van der Waals surface area contributed by atoms with Crippen molar-refractivity contribution in [2.24, 2.45) is 5.10 Å². The van der Waals surface area contributed by atoms with Crippen LogP contribution in [0.5, 0.6) is 5.75 Å². The predicted molar refractivity (Wildman–Crippen MR) is 112 cm³/mol. The minimum Gasteiger partial charge on any atom is -0.489 e. The van der Waals surface area contributed by atoms with Crippen molar-refractivity contribution >= 4 is 35.3 Å². The van der Waals surface area contributed by atoms with Gasteiger partial charge in [0, 0.05) is 29.1 Å². The second kappa shape index (κ2) is 10.9. The summed E-state index contributed by atoms with van der Waals surface area (Å²) in [6.07, 6.45) is 3.18. The molecule has 0 aliphatic carbocycles. The van der Waals surface area contributed by atoms with Crippen LogP contribution in [0.15, 0.2) is 60.2 Å². The number of halogens is 1. The first-order valence-corrected chi connectivity index (χ1v) is 9.08. The number of carbonyl (C=O) groups excluding carboxylic acids is 2. The summed E-state index contributed by atoms with van der Waals surface area (Å²) < 4.78 is 5.51. The highest BCUT2D eigenvalue weighted by Gasteiger charge is 2.09. The molecule has 2 aromatic rings. The van der Waals surface area contributed by atoms with Crippen LogP contribution in [0.1, 0.15) is 24.0 Å². The van der Waals surface area contributed by atoms with E-state index in [4.69, 9.17) is 16.3 Å². The number of hydrogen-bond donors (Lipinski definition) is 2. The summed E-state index contributed by atoms with van der Waals surface area (Å²) >= 11 is 6.03. The summed E-state index contributed by atoms with van der Waals surface area (Å²) in [5, 5.41) is 7.24. The number of ether oxygens (including phenoxy) is 1. The van der Waals surface area contributed by atoms with Gasteiger partial charge in [-0.05, 0) is 36.8 Å². The molecule has 6 nitrogen and oxygen atoms in total. The topological polar surface area (TPSA) is 79.8 Å². The molecule has 2 amide bonds. The van der Waals surface area contributed by atoms with E-state index >= 15 is 0 Å². The largest absolute Gasteiger partial charge is 0.489 e. The molecule has 0 spiro atoms. The molecular formula is C21H22ClN3O3. The molecule has 0 bridgehead atoms. The van der Waals surface area contributed by atoms with Crippen molar-refractivity contribution in [1.82, 2.24) is 5.43 Å². The average molecular weight is 400 g/mol. The highest BCUT2D eigenvalue weighted by molar-refractivity contribution is 6.31. The summed E-state index contributed by atoms with van der Waals surface area (Å²) in [6, 6.07) is 12.6. The summed E-state index contributed by atoms with van der Waals surface area (Å²) in [6.45, 7) is 5.79. The van der Waals surface area contributed by atoms with E-state index in [1.807, 2.05) is 25.1 Å². The zero-order chi connectivity index (χ0) is 20.4. The number of amides is 2. The van der Waals surface area contributed by atoms with Crippen LogP contribution >= 0.6 is 11.6 Å². The molecule has 0 heterocycles. The van der Waals surface area contributed by atoms with E-state index in [0.717, 1.165) is 11.1 Å². The number of rotatable bonds is 9. The summed E-state index contributed by atoms with van der Waals surface area (Å²) in [5.74, 6) is 0.00282. The van der Waals surface area contributed by atoms with Gasteiger partial charge in [0.05, 0.1) is 6.21 Å². The first-order valence-electron chi connectivity index (χ1n) is 8.71. The van der Waals surface area contributed by atoms with E-state index in [2.05, 4.69) is 22.4 Å². The summed E-state index contributed by atoms with van der Waals surface area (Å²) in [7, 11) is 0. The molecule has 28 heavy (non-hydrogen) atoms. The molecule has 146 valence electrons. The van der Waals surface area contributed by atoms with Gasteiger partial charge in [0.25, 0.3) is 0 Å². The monoisotopic (exact) mass is 399 g/mol. The van der Waals surface area contributed by atoms with Crippen molar-refractivity contribution < 1.29 is 14.3 Å². The standard InChI is InChI=1S/C21H22ClN3O3/c1-3-13-28-19-10-5-4-7-16(19)14-23-25-21(27)12-11-20(26)24-18-9-6-8-17(22)15(18)2/h3-10,14H,1,11-13H2,2H3,(H,24,26)(H,25,27)/b23-14+. The number of hydrogen-bond acceptors (Lipinski definition) is 4. The Morgan fingerprint density at radius 1 is 1.14 bits per heavy atom. The second-order valence-electron chi connectivity index (χ2n) is 5.89. The number of nitrogens with zero attached hydrogens (tertiary/aromatic N) is 1. The molecule has 0 saturated carbocycles. The van der Waals surface area contributed by atoms with Crippen molar-refractivity contribution in [3.8, 4) is 5.75 Å². The smallest absolute Gasteiger partial charge is 0.240 e. The molecule has 0 aliphatic heterocycles. The summed E-state index contributed by atoms with van der Waals surface area (Å²) in [5.41, 5.74) is 4.54. The van der Waals surface area contributed by atoms with Crippen LogP contribution in [-0.2, 0) is 9.59 Å². The SMILES string of the molecule is C=CCOc1ccccc1/C=N/NC(=O)CCC(=O)Nc1cccc(Cl)c1C. The van der Waals surface area contributed by atoms with E-state index in [1.54, 1.807) is 30.3 Å². The number of nitrogens with one attached hydrogen (secondary N) is 2. The number of hydrazone groups is 1. The molecular weight excluding hydrogens is 378 g/mol. The molecule has 0 atom stereocenters. The van der Waals surface area contributed by atoms with Gasteiger partial charge < -0.3 is 10.1 Å². The van der Waals surface area contributed by atoms with Crippen molar-refractivity contribution in [2.75, 3.05) is 11.9 Å². The van der Waals surface area contributed by atoms with E-state index < -0.39 is 0 Å². The van der Waals surface area contributed by atoms with Crippen molar-refractivity contribution in [3.63, 3.8) is 0 Å². The van der Waals surface area contributed by atoms with Gasteiger partial charge in [0.15, 0.2) is 0 Å². The van der Waals surface area contributed by atoms with Crippen LogP contribution in [0.4, 0.5) is 5.69 Å². The Kier molecular flexibility index (Phi) is 8.24. The van der Waals surface area contributed by atoms with E-state index in [1.165, 1.54) is 6.21 Å². The van der Waals surface area contributed by atoms with Gasteiger partial charge >= 0.3 is 0 Å². The second-order valence-corrected chi connectivity index (χ2v) is 6.30. The Morgan fingerprint density at radius 3 is 2.68 bits per heavy atom. The first kappa shape index (κ1) is 21.2. The third kappa shape index (κ3) is 6.55. The Balaban J connectivity index is 1.81. The fourth-order valence-corrected chi connectivity index (χ4v) is 2.45. The van der Waals surface area contributed by atoms with Gasteiger partial charge in [-0.2, -0.15) is 5.10 Å². The van der Waals surface area contributed by atoms with Crippen LogP contribution in [0.3, 0.4) is 0 Å². The molecule has 0 aromatic heterocycles. The number of para-hydroxylation sites is 1. The lowest BCUT2D eigenvalue weighted by molar-refractivity contribution is -0.124. The van der Waals surface area contributed by atoms with E-state index in [9.17, 15) is 9.59 Å². The van der Waals surface area contributed by atoms with Gasteiger partial charge in [-0.3, -0.25) is 9.59 Å². The quantitative estimate of drug-likeness (QED) is 0.378. The lowest BCUT2D eigenvalue weighted by Crippen LogP contribution is -2.21. The highest BCUT2D eigenvalue weighted by Crippen LogP contribution is 2.23. The Labute approximate surface area is 169 Å². The zero-order valence-corrected chi connectivity index (χ0v) is 16.3. The van der Waals surface area contributed by atoms with Crippen LogP contribution in [0.25, 0.3) is 0 Å². The van der Waals surface area contributed by atoms with E-state index in [0.29, 0.717) is 23.1 Å². The summed E-state index contributed by atoms with van der Waals surface area (Å²) in [4.78, 5) is 23.9. The van der Waals surface area contributed by atoms with Gasteiger partial charge in [-0.15, -0.1) is 0 Å². The Morgan fingerprint density at radius 2 is 1.89 bits per heavy atom. The average Bonchev–Trinajstić information content (AvgIpc) is 2.69. The molecule has 0 radical (unpaired) electrons. The fourth-order valence-electron chi connectivity index (χ4n) is 2.28. The molecule has 2 N–H and O–H groups in total. The number of anilines is 1. The van der Waals surface area contributed by atoms with Crippen molar-refractivity contribution in [2.45, 2.75) is 19.8 Å². The van der Waals surface area contributed by atoms with E-state index in [-0.39, 0.29) is 24.7 Å². The van der Waals surface area contributed by atoms with Gasteiger partial charge in [-0.1, -0.05) is 42.5 Å². The van der Waals surface area contributed by atoms with Crippen molar-refractivity contribution in [3.05, 3.63) is 71.3 Å². The minimum absolute atomic E-state index is 0.0113. The van der Waals surface area contributed by atoms with Crippen LogP contribution in [0.2, 0.25) is 5.02 Å². The third-order valence-corrected chi connectivity index (χ3v) is 4.20. The Hall–Kier alpha value is -3.12. The molecule has 7 heteroatoms. The molecule has 0 saturated heterocycles. The first-order chi connectivity index (χ1) is 13.5. The van der Waals surface area contributed by atoms with Gasteiger partial charge in [0.1, 0.15) is 12.4 Å². The predicted octanol–water partition coefficient (Wildman–Crippen LogP) is 4.08. The highest BCUT2D eigenvalue weighted by atomic mass is 35.5. The lowest BCUT2D eigenvalue weighted by Gasteiger charge is -2.09. The minimum atomic E-state index is -0.362. The van der Waals surface area contributed by atoms with Gasteiger partial charge in [0.2, 0.25) is 11.8 Å². The van der Waals surface area contributed by atoms with Crippen molar-refractivity contribution in [1.29, 1.82) is 0 Å². The maximum Gasteiger partial charge on any atom is 0.240 e. The molecule has 2 rings (SSSR count). The molecule has 0 aliphatic rings. The van der Waals surface area contributed by atoms with Crippen LogP contribution in [0, 0.1) is 6.92 Å². The fraction of sp³-hybridized carbons (Fsp3) is 0.190. The van der Waals surface area contributed by atoms with Crippen LogP contribution < -0.4 is 15.5 Å². The number of carbonyl (C=O) groups is 2. The maximum atomic E-state index is 12.0. The Bertz CT molecular complexity index is 881. The number of benzene rings is 2. The molecule has 0 unspecified atom stereocenters. The maximum absolute atomic E-state index is 12.0. The third-order valence-electron chi connectivity index (χ3n) is 3.79. The lowest BCUT2D eigenvalue weighted by atomic mass is 10.2. The normalized spacial score (nSPS) is 10.5. The molecule has 2 aromatic carbocycles.